The fourth-order valence-electron chi connectivity index (χ4n) is 5.88. The number of hydrogen-bond acceptors (Lipinski definition) is 5. The van der Waals surface area contributed by atoms with Crippen LogP contribution in [0.4, 0.5) is 0 Å². The highest BCUT2D eigenvalue weighted by atomic mass is 16.5. The molecule has 1 spiro atoms. The maximum Gasteiger partial charge on any atom is 0.165 e. The summed E-state index contributed by atoms with van der Waals surface area (Å²) in [6.07, 6.45) is 5.85. The van der Waals surface area contributed by atoms with E-state index in [-0.39, 0.29) is 23.9 Å². The summed E-state index contributed by atoms with van der Waals surface area (Å²) in [5.41, 5.74) is 2.05. The second kappa shape index (κ2) is 3.62. The lowest BCUT2D eigenvalue weighted by molar-refractivity contribution is -0.140. The lowest BCUT2D eigenvalue weighted by Gasteiger charge is -2.61. The first kappa shape index (κ1) is 12.6. The highest BCUT2D eigenvalue weighted by Crippen LogP contribution is 2.65. The zero-order valence-corrected chi connectivity index (χ0v) is 12.6. The molecular weight excluding hydrogens is 292 g/mol. The van der Waals surface area contributed by atoms with Crippen molar-refractivity contribution in [1.82, 2.24) is 5.32 Å². The Hall–Kier alpha value is -1.85. The molecule has 0 amide bonds. The number of nitrogens with zero attached hydrogens (tertiary/aromatic N) is 1. The van der Waals surface area contributed by atoms with Crippen molar-refractivity contribution in [2.45, 2.75) is 48.5 Å². The lowest BCUT2D eigenvalue weighted by Crippen LogP contribution is -2.76. The smallest absolute Gasteiger partial charge is 0.165 e. The van der Waals surface area contributed by atoms with Crippen LogP contribution in [0.3, 0.4) is 0 Å². The minimum atomic E-state index is -0.877. The molecule has 1 saturated carbocycles. The van der Waals surface area contributed by atoms with E-state index >= 15 is 0 Å². The topological polar surface area (TPSA) is 74.1 Å². The van der Waals surface area contributed by atoms with Gasteiger partial charge in [0, 0.05) is 24.2 Å². The van der Waals surface area contributed by atoms with Gasteiger partial charge in [0.05, 0.1) is 11.0 Å². The molecule has 0 radical (unpaired) electrons. The van der Waals surface area contributed by atoms with E-state index in [0.29, 0.717) is 12.2 Å². The third-order valence-electron chi connectivity index (χ3n) is 6.76. The third-order valence-corrected chi connectivity index (χ3v) is 6.76. The number of hydrogen-bond donors (Lipinski definition) is 3. The Balaban J connectivity index is 1.72. The summed E-state index contributed by atoms with van der Waals surface area (Å²) in [5, 5.41) is 25.7. The fourth-order valence-corrected chi connectivity index (χ4v) is 5.88. The van der Waals surface area contributed by atoms with Crippen molar-refractivity contribution in [1.29, 1.82) is 0 Å². The van der Waals surface area contributed by atoms with E-state index in [1.807, 2.05) is 18.4 Å². The van der Waals surface area contributed by atoms with Gasteiger partial charge in [-0.05, 0) is 42.7 Å². The van der Waals surface area contributed by atoms with Crippen molar-refractivity contribution < 1.29 is 14.9 Å². The number of aromatic hydroxyl groups is 1. The standard InChI is InChI=1S/C18H18N2O3/c21-11-2-1-9-7-12-18(22)8-10-3-5-20-14(10)16-17(18,4-6-19-12)13(9)15(11)23-16/h1-3,5,12,14,16,19,21-22H,4,6-8H2. The summed E-state index contributed by atoms with van der Waals surface area (Å²) in [6.45, 7) is 0.858. The number of aliphatic imine (C=N–C) groups is 1. The molecule has 118 valence electrons. The average Bonchev–Trinajstić information content (AvgIpc) is 3.09. The number of fused-ring (bicyclic) bond motifs is 2. The highest BCUT2D eigenvalue weighted by molar-refractivity contribution is 5.78. The molecule has 2 bridgehead atoms. The van der Waals surface area contributed by atoms with E-state index in [0.717, 1.165) is 30.5 Å². The fraction of sp³-hybridized carbons (Fsp3) is 0.500. The van der Waals surface area contributed by atoms with Crippen molar-refractivity contribution in [3.05, 3.63) is 34.9 Å². The van der Waals surface area contributed by atoms with Crippen molar-refractivity contribution in [3.8, 4) is 11.5 Å². The SMILES string of the molecule is Oc1ccc2c3c1OC1C4N=CC=C4CC4(O)C(C2)NCCC314. The van der Waals surface area contributed by atoms with Crippen LogP contribution in [0.15, 0.2) is 28.8 Å². The number of aliphatic hydroxyl groups is 1. The Morgan fingerprint density at radius 3 is 3.17 bits per heavy atom. The quantitative estimate of drug-likeness (QED) is 0.663. The molecule has 2 fully saturated rings. The highest BCUT2D eigenvalue weighted by Gasteiger charge is 2.72. The molecule has 5 nitrogen and oxygen atoms in total. The van der Waals surface area contributed by atoms with Gasteiger partial charge in [-0.3, -0.25) is 4.99 Å². The molecule has 5 atom stereocenters. The molecule has 5 heteroatoms. The van der Waals surface area contributed by atoms with Crippen LogP contribution in [0.25, 0.3) is 0 Å². The van der Waals surface area contributed by atoms with Gasteiger partial charge in [0.1, 0.15) is 12.1 Å². The number of nitrogens with one attached hydrogen (secondary N) is 1. The zero-order valence-electron chi connectivity index (χ0n) is 12.6. The van der Waals surface area contributed by atoms with E-state index < -0.39 is 11.0 Å². The minimum absolute atomic E-state index is 0.0211. The molecule has 1 aromatic carbocycles. The van der Waals surface area contributed by atoms with Crippen LogP contribution < -0.4 is 10.1 Å². The van der Waals surface area contributed by atoms with Gasteiger partial charge < -0.3 is 20.3 Å². The normalized spacial score (nSPS) is 44.4. The first-order valence-corrected chi connectivity index (χ1v) is 8.35. The van der Waals surface area contributed by atoms with E-state index in [1.54, 1.807) is 6.07 Å². The number of phenolic OH excluding ortho intramolecular Hbond substituents is 1. The van der Waals surface area contributed by atoms with Crippen LogP contribution in [-0.2, 0) is 11.8 Å². The van der Waals surface area contributed by atoms with Crippen LogP contribution in [0, 0.1) is 0 Å². The van der Waals surface area contributed by atoms with Gasteiger partial charge in [0.25, 0.3) is 0 Å². The largest absolute Gasteiger partial charge is 0.504 e. The first-order valence-electron chi connectivity index (χ1n) is 8.35. The number of ether oxygens (including phenoxy) is 1. The molecule has 3 N–H and O–H groups in total. The van der Waals surface area contributed by atoms with E-state index in [1.165, 1.54) is 5.56 Å². The molecule has 23 heavy (non-hydrogen) atoms. The number of piperidine rings is 1. The van der Waals surface area contributed by atoms with Gasteiger partial charge in [0.2, 0.25) is 0 Å². The molecule has 1 saturated heterocycles. The van der Waals surface area contributed by atoms with Gasteiger partial charge in [-0.15, -0.1) is 0 Å². The van der Waals surface area contributed by atoms with E-state index in [4.69, 9.17) is 4.74 Å². The second-order valence-electron chi connectivity index (χ2n) is 7.50. The molecule has 5 aliphatic rings. The van der Waals surface area contributed by atoms with Crippen molar-refractivity contribution in [3.63, 3.8) is 0 Å². The van der Waals surface area contributed by atoms with E-state index in [9.17, 15) is 10.2 Å². The van der Waals surface area contributed by atoms with Crippen LogP contribution in [0.1, 0.15) is 24.0 Å². The third kappa shape index (κ3) is 1.14. The van der Waals surface area contributed by atoms with Gasteiger partial charge in [-0.2, -0.15) is 0 Å². The molecule has 1 aromatic rings. The monoisotopic (exact) mass is 310 g/mol. The molecule has 6 rings (SSSR count). The van der Waals surface area contributed by atoms with Crippen molar-refractivity contribution >= 4 is 6.21 Å². The molecule has 0 aromatic heterocycles. The summed E-state index contributed by atoms with van der Waals surface area (Å²) in [5.74, 6) is 0.758. The Morgan fingerprint density at radius 1 is 1.35 bits per heavy atom. The van der Waals surface area contributed by atoms with Crippen LogP contribution >= 0.6 is 0 Å². The van der Waals surface area contributed by atoms with Gasteiger partial charge in [-0.25, -0.2) is 0 Å². The molecule has 3 aliphatic heterocycles. The van der Waals surface area contributed by atoms with Gasteiger partial charge in [-0.1, -0.05) is 6.07 Å². The average molecular weight is 310 g/mol. The summed E-state index contributed by atoms with van der Waals surface area (Å²) in [7, 11) is 0. The summed E-state index contributed by atoms with van der Waals surface area (Å²) < 4.78 is 6.30. The van der Waals surface area contributed by atoms with Gasteiger partial charge >= 0.3 is 0 Å². The lowest BCUT2D eigenvalue weighted by atomic mass is 9.48. The summed E-state index contributed by atoms with van der Waals surface area (Å²) >= 11 is 0. The zero-order chi connectivity index (χ0) is 15.4. The predicted molar refractivity (Wildman–Crippen MR) is 84.2 cm³/mol. The van der Waals surface area contributed by atoms with Crippen molar-refractivity contribution in [2.75, 3.05) is 6.54 Å². The number of rotatable bonds is 0. The molecule has 3 heterocycles. The summed E-state index contributed by atoms with van der Waals surface area (Å²) in [4.78, 5) is 4.62. The number of allylic oxidation sites excluding steroid dienone is 1. The van der Waals surface area contributed by atoms with Crippen LogP contribution in [-0.4, -0.2) is 46.8 Å². The number of benzene rings is 1. The van der Waals surface area contributed by atoms with Crippen LogP contribution in [0.5, 0.6) is 11.5 Å². The predicted octanol–water partition coefficient (Wildman–Crippen LogP) is 0.823. The van der Waals surface area contributed by atoms with Gasteiger partial charge in [0.15, 0.2) is 11.5 Å². The van der Waals surface area contributed by atoms with E-state index in [2.05, 4.69) is 10.3 Å². The Kier molecular flexibility index (Phi) is 1.98. The van der Waals surface area contributed by atoms with Crippen molar-refractivity contribution in [2.24, 2.45) is 4.99 Å². The number of phenols is 1. The molecule has 2 aliphatic carbocycles. The maximum atomic E-state index is 11.8. The first-order chi connectivity index (χ1) is 11.1. The Bertz CT molecular complexity index is 817. The molecule has 5 unspecified atom stereocenters. The minimum Gasteiger partial charge on any atom is -0.504 e. The molecular formula is C18H18N2O3. The summed E-state index contributed by atoms with van der Waals surface area (Å²) in [6, 6.07) is 3.70. The Labute approximate surface area is 133 Å². The second-order valence-corrected chi connectivity index (χ2v) is 7.50. The van der Waals surface area contributed by atoms with Crippen LogP contribution in [0.2, 0.25) is 0 Å². The Morgan fingerprint density at radius 2 is 2.26 bits per heavy atom. The maximum absolute atomic E-state index is 11.8.